The van der Waals surface area contributed by atoms with Gasteiger partial charge in [0.15, 0.2) is 0 Å². The van der Waals surface area contributed by atoms with Crippen LogP contribution in [0.4, 0.5) is 0 Å². The lowest BCUT2D eigenvalue weighted by atomic mass is 10.1. The predicted molar refractivity (Wildman–Crippen MR) is 65.8 cm³/mol. The zero-order valence-corrected chi connectivity index (χ0v) is 9.86. The SMILES string of the molecule is CC1CCN(CCc2ccc(C=O)cc2)C1. The van der Waals surface area contributed by atoms with Crippen LogP contribution in [0.2, 0.25) is 0 Å². The van der Waals surface area contributed by atoms with E-state index in [1.165, 1.54) is 25.1 Å². The van der Waals surface area contributed by atoms with Gasteiger partial charge in [-0.15, -0.1) is 0 Å². The van der Waals surface area contributed by atoms with E-state index in [1.54, 1.807) is 0 Å². The summed E-state index contributed by atoms with van der Waals surface area (Å²) in [5.74, 6) is 0.859. The first-order valence-electron chi connectivity index (χ1n) is 6.04. The summed E-state index contributed by atoms with van der Waals surface area (Å²) >= 11 is 0. The Morgan fingerprint density at radius 1 is 1.38 bits per heavy atom. The number of rotatable bonds is 4. The van der Waals surface area contributed by atoms with E-state index >= 15 is 0 Å². The lowest BCUT2D eigenvalue weighted by Crippen LogP contribution is -2.22. The number of nitrogens with zero attached hydrogens (tertiary/aromatic N) is 1. The smallest absolute Gasteiger partial charge is 0.150 e. The minimum Gasteiger partial charge on any atom is -0.303 e. The number of hydrogen-bond acceptors (Lipinski definition) is 2. The Kier molecular flexibility index (Phi) is 3.73. The minimum absolute atomic E-state index is 0.763. The molecule has 16 heavy (non-hydrogen) atoms. The van der Waals surface area contributed by atoms with Gasteiger partial charge in [0.25, 0.3) is 0 Å². The molecule has 1 saturated heterocycles. The van der Waals surface area contributed by atoms with Gasteiger partial charge in [0, 0.05) is 18.7 Å². The highest BCUT2D eigenvalue weighted by molar-refractivity contribution is 5.74. The lowest BCUT2D eigenvalue weighted by Gasteiger charge is -2.14. The molecule has 1 aromatic rings. The van der Waals surface area contributed by atoms with Crippen LogP contribution in [-0.2, 0) is 6.42 Å². The van der Waals surface area contributed by atoms with Crippen LogP contribution in [0.25, 0.3) is 0 Å². The van der Waals surface area contributed by atoms with Gasteiger partial charge in [0.05, 0.1) is 0 Å². The Labute approximate surface area is 97.3 Å². The van der Waals surface area contributed by atoms with E-state index in [0.29, 0.717) is 0 Å². The summed E-state index contributed by atoms with van der Waals surface area (Å²) in [7, 11) is 0. The second kappa shape index (κ2) is 5.26. The van der Waals surface area contributed by atoms with Crippen molar-refractivity contribution in [2.75, 3.05) is 19.6 Å². The Morgan fingerprint density at radius 3 is 2.69 bits per heavy atom. The summed E-state index contributed by atoms with van der Waals surface area (Å²) in [6, 6.07) is 7.91. The maximum Gasteiger partial charge on any atom is 0.150 e. The average molecular weight is 217 g/mol. The van der Waals surface area contributed by atoms with E-state index in [9.17, 15) is 4.79 Å². The third-order valence-electron chi connectivity index (χ3n) is 3.34. The zero-order valence-electron chi connectivity index (χ0n) is 9.86. The predicted octanol–water partition coefficient (Wildman–Crippen LogP) is 2.38. The highest BCUT2D eigenvalue weighted by Crippen LogP contribution is 2.15. The van der Waals surface area contributed by atoms with E-state index in [2.05, 4.69) is 24.0 Å². The minimum atomic E-state index is 0.763. The van der Waals surface area contributed by atoms with Gasteiger partial charge in [-0.2, -0.15) is 0 Å². The van der Waals surface area contributed by atoms with Gasteiger partial charge in [-0.1, -0.05) is 31.2 Å². The third-order valence-corrected chi connectivity index (χ3v) is 3.34. The molecule has 0 spiro atoms. The summed E-state index contributed by atoms with van der Waals surface area (Å²) < 4.78 is 0. The number of carbonyl (C=O) groups is 1. The van der Waals surface area contributed by atoms with E-state index in [-0.39, 0.29) is 0 Å². The summed E-state index contributed by atoms with van der Waals surface area (Å²) in [5, 5.41) is 0. The maximum absolute atomic E-state index is 10.5. The first-order chi connectivity index (χ1) is 7.78. The molecule has 0 N–H and O–H groups in total. The molecule has 0 aliphatic carbocycles. The molecule has 0 amide bonds. The molecule has 1 aliphatic heterocycles. The fraction of sp³-hybridized carbons (Fsp3) is 0.500. The molecule has 0 saturated carbocycles. The van der Waals surface area contributed by atoms with Crippen molar-refractivity contribution >= 4 is 6.29 Å². The summed E-state index contributed by atoms with van der Waals surface area (Å²) in [5.41, 5.74) is 2.09. The Morgan fingerprint density at radius 2 is 2.12 bits per heavy atom. The fourth-order valence-corrected chi connectivity index (χ4v) is 2.28. The molecule has 0 aromatic heterocycles. The highest BCUT2D eigenvalue weighted by atomic mass is 16.1. The summed E-state index contributed by atoms with van der Waals surface area (Å²) in [6.07, 6.45) is 3.32. The van der Waals surface area contributed by atoms with Crippen LogP contribution >= 0.6 is 0 Å². The van der Waals surface area contributed by atoms with Crippen LogP contribution in [0.15, 0.2) is 24.3 Å². The monoisotopic (exact) mass is 217 g/mol. The highest BCUT2D eigenvalue weighted by Gasteiger charge is 2.17. The summed E-state index contributed by atoms with van der Waals surface area (Å²) in [6.45, 7) is 5.95. The molecular weight excluding hydrogens is 198 g/mol. The van der Waals surface area contributed by atoms with Crippen LogP contribution in [0.1, 0.15) is 29.3 Å². The molecule has 1 aliphatic rings. The van der Waals surface area contributed by atoms with Crippen molar-refractivity contribution in [1.82, 2.24) is 4.90 Å². The van der Waals surface area contributed by atoms with Crippen LogP contribution in [0, 0.1) is 5.92 Å². The molecule has 2 heteroatoms. The Balaban J connectivity index is 1.82. The summed E-state index contributed by atoms with van der Waals surface area (Å²) in [4.78, 5) is 13.0. The van der Waals surface area contributed by atoms with Crippen LogP contribution < -0.4 is 0 Å². The lowest BCUT2D eigenvalue weighted by molar-refractivity contribution is 0.112. The molecule has 1 unspecified atom stereocenters. The van der Waals surface area contributed by atoms with E-state index in [1.807, 2.05) is 12.1 Å². The molecule has 0 radical (unpaired) electrons. The average Bonchev–Trinajstić information content (AvgIpc) is 2.73. The van der Waals surface area contributed by atoms with Crippen molar-refractivity contribution in [3.05, 3.63) is 35.4 Å². The van der Waals surface area contributed by atoms with E-state index in [0.717, 1.165) is 30.7 Å². The van der Waals surface area contributed by atoms with Crippen molar-refractivity contribution in [3.8, 4) is 0 Å². The molecule has 0 bridgehead atoms. The van der Waals surface area contributed by atoms with E-state index in [4.69, 9.17) is 0 Å². The Hall–Kier alpha value is -1.15. The van der Waals surface area contributed by atoms with Crippen molar-refractivity contribution in [1.29, 1.82) is 0 Å². The largest absolute Gasteiger partial charge is 0.303 e. The Bertz CT molecular complexity index is 344. The zero-order chi connectivity index (χ0) is 11.4. The molecule has 2 nitrogen and oxygen atoms in total. The van der Waals surface area contributed by atoms with Crippen molar-refractivity contribution in [2.45, 2.75) is 19.8 Å². The van der Waals surface area contributed by atoms with Gasteiger partial charge in [0.2, 0.25) is 0 Å². The number of aldehydes is 1. The van der Waals surface area contributed by atoms with Gasteiger partial charge in [-0.3, -0.25) is 4.79 Å². The normalized spacial score (nSPS) is 21.2. The molecule has 1 aromatic carbocycles. The molecule has 86 valence electrons. The molecule has 1 atom stereocenters. The van der Waals surface area contributed by atoms with E-state index < -0.39 is 0 Å². The maximum atomic E-state index is 10.5. The van der Waals surface area contributed by atoms with Gasteiger partial charge < -0.3 is 4.90 Å². The number of likely N-dealkylation sites (tertiary alicyclic amines) is 1. The fourth-order valence-electron chi connectivity index (χ4n) is 2.28. The first kappa shape index (κ1) is 11.3. The topological polar surface area (TPSA) is 20.3 Å². The molecule has 1 fully saturated rings. The van der Waals surface area contributed by atoms with Crippen molar-refractivity contribution in [2.24, 2.45) is 5.92 Å². The quantitative estimate of drug-likeness (QED) is 0.722. The van der Waals surface area contributed by atoms with Gasteiger partial charge in [-0.25, -0.2) is 0 Å². The number of benzene rings is 1. The van der Waals surface area contributed by atoms with Crippen molar-refractivity contribution in [3.63, 3.8) is 0 Å². The molecule has 1 heterocycles. The number of hydrogen-bond donors (Lipinski definition) is 0. The standard InChI is InChI=1S/C14H19NO/c1-12-6-8-15(10-12)9-7-13-2-4-14(11-16)5-3-13/h2-5,11-12H,6-10H2,1H3. The second-order valence-electron chi connectivity index (χ2n) is 4.80. The van der Waals surface area contributed by atoms with Crippen LogP contribution in [0.3, 0.4) is 0 Å². The molecular formula is C14H19NO. The molecule has 2 rings (SSSR count). The van der Waals surface area contributed by atoms with Crippen LogP contribution in [0.5, 0.6) is 0 Å². The van der Waals surface area contributed by atoms with Gasteiger partial charge in [0.1, 0.15) is 6.29 Å². The number of carbonyl (C=O) groups excluding carboxylic acids is 1. The van der Waals surface area contributed by atoms with Gasteiger partial charge in [-0.05, 0) is 30.9 Å². The third kappa shape index (κ3) is 2.92. The first-order valence-corrected chi connectivity index (χ1v) is 6.04. The van der Waals surface area contributed by atoms with Crippen molar-refractivity contribution < 1.29 is 4.79 Å². The van der Waals surface area contributed by atoms with Gasteiger partial charge >= 0.3 is 0 Å². The van der Waals surface area contributed by atoms with Crippen LogP contribution in [-0.4, -0.2) is 30.8 Å². The second-order valence-corrected chi connectivity index (χ2v) is 4.80.